The summed E-state index contributed by atoms with van der Waals surface area (Å²) in [6.45, 7) is 1.63. The van der Waals surface area contributed by atoms with Gasteiger partial charge in [0, 0.05) is 5.56 Å². The molecule has 1 saturated heterocycles. The van der Waals surface area contributed by atoms with Gasteiger partial charge in [-0.3, -0.25) is 10.1 Å². The van der Waals surface area contributed by atoms with Crippen LogP contribution < -0.4 is 10.2 Å². The van der Waals surface area contributed by atoms with Gasteiger partial charge in [0.2, 0.25) is 0 Å². The molecule has 3 aliphatic rings. The van der Waals surface area contributed by atoms with Crippen LogP contribution >= 0.6 is 0 Å². The fourth-order valence-electron chi connectivity index (χ4n) is 3.43. The van der Waals surface area contributed by atoms with Crippen LogP contribution in [0.4, 0.5) is 10.5 Å². The molecule has 0 radical (unpaired) electrons. The van der Waals surface area contributed by atoms with Crippen molar-refractivity contribution in [1.29, 1.82) is 0 Å². The predicted molar refractivity (Wildman–Crippen MR) is 68.5 cm³/mol. The molecule has 1 fully saturated rings. The third kappa shape index (κ3) is 1.01. The highest BCUT2D eigenvalue weighted by Crippen LogP contribution is 2.54. The van der Waals surface area contributed by atoms with Crippen molar-refractivity contribution in [3.8, 4) is 0 Å². The Morgan fingerprint density at radius 2 is 2.10 bits per heavy atom. The molecule has 1 aromatic carbocycles. The molecular weight excluding hydrogens is 260 g/mol. The van der Waals surface area contributed by atoms with Crippen LogP contribution in [-0.2, 0) is 15.1 Å². The van der Waals surface area contributed by atoms with E-state index in [4.69, 9.17) is 4.74 Å². The highest BCUT2D eigenvalue weighted by Gasteiger charge is 2.69. The minimum atomic E-state index is -1.52. The van der Waals surface area contributed by atoms with Crippen molar-refractivity contribution < 1.29 is 19.4 Å². The van der Waals surface area contributed by atoms with Crippen molar-refractivity contribution in [2.45, 2.75) is 18.2 Å². The number of rotatable bonds is 0. The van der Waals surface area contributed by atoms with Crippen LogP contribution in [0.25, 0.3) is 0 Å². The second-order valence-corrected chi connectivity index (χ2v) is 5.38. The summed E-state index contributed by atoms with van der Waals surface area (Å²) in [4.78, 5) is 25.7. The van der Waals surface area contributed by atoms with E-state index in [1.165, 1.54) is 11.2 Å². The minimum Gasteiger partial charge on any atom is -0.465 e. The highest BCUT2D eigenvalue weighted by molar-refractivity contribution is 6.17. The zero-order valence-electron chi connectivity index (χ0n) is 10.7. The maximum absolute atomic E-state index is 12.3. The number of ether oxygens (including phenoxy) is 1. The Morgan fingerprint density at radius 1 is 1.35 bits per heavy atom. The lowest BCUT2D eigenvalue weighted by Gasteiger charge is -2.47. The normalized spacial score (nSPS) is 37.1. The molecule has 3 atom stereocenters. The third-order valence-corrected chi connectivity index (χ3v) is 4.32. The molecule has 6 nitrogen and oxygen atoms in total. The van der Waals surface area contributed by atoms with Crippen LogP contribution in [0.2, 0.25) is 0 Å². The van der Waals surface area contributed by atoms with E-state index in [0.29, 0.717) is 11.3 Å². The average molecular weight is 272 g/mol. The zero-order chi connectivity index (χ0) is 14.1. The lowest BCUT2D eigenvalue weighted by Crippen LogP contribution is -2.63. The Labute approximate surface area is 114 Å². The van der Waals surface area contributed by atoms with Crippen molar-refractivity contribution in [3.63, 3.8) is 0 Å². The largest absolute Gasteiger partial charge is 0.465 e. The van der Waals surface area contributed by atoms with Crippen LogP contribution in [0.3, 0.4) is 0 Å². The molecule has 1 aromatic rings. The molecule has 102 valence electrons. The van der Waals surface area contributed by atoms with E-state index in [0.717, 1.165) is 0 Å². The van der Waals surface area contributed by atoms with Crippen LogP contribution in [0, 0.1) is 5.92 Å². The van der Waals surface area contributed by atoms with Crippen molar-refractivity contribution in [2.75, 3.05) is 4.90 Å². The molecule has 3 heterocycles. The lowest BCUT2D eigenvalue weighted by molar-refractivity contribution is -0.148. The predicted octanol–water partition coefficient (Wildman–Crippen LogP) is 0.820. The Morgan fingerprint density at radius 3 is 2.90 bits per heavy atom. The van der Waals surface area contributed by atoms with E-state index < -0.39 is 29.2 Å². The van der Waals surface area contributed by atoms with Crippen molar-refractivity contribution >= 4 is 17.6 Å². The lowest BCUT2D eigenvalue weighted by atomic mass is 9.72. The number of imide groups is 1. The van der Waals surface area contributed by atoms with Crippen molar-refractivity contribution in [2.24, 2.45) is 5.92 Å². The number of benzene rings is 1. The molecule has 4 rings (SSSR count). The summed E-state index contributed by atoms with van der Waals surface area (Å²) in [5.41, 5.74) is -1.74. The van der Waals surface area contributed by atoms with E-state index in [2.05, 4.69) is 5.32 Å². The number of carbonyl (C=O) groups excluding carboxylic acids is 2. The number of amides is 3. The quantitative estimate of drug-likeness (QED) is 0.685. The molecule has 6 heteroatoms. The first-order chi connectivity index (χ1) is 9.49. The summed E-state index contributed by atoms with van der Waals surface area (Å²) < 4.78 is 5.50. The van der Waals surface area contributed by atoms with Crippen molar-refractivity contribution in [1.82, 2.24) is 5.32 Å². The smallest absolute Gasteiger partial charge is 0.332 e. The average Bonchev–Trinajstić information content (AvgIpc) is 2.94. The summed E-state index contributed by atoms with van der Waals surface area (Å²) in [5, 5.41) is 13.2. The Hall–Kier alpha value is -2.34. The molecule has 0 bridgehead atoms. The fourth-order valence-corrected chi connectivity index (χ4v) is 3.43. The van der Waals surface area contributed by atoms with Gasteiger partial charge in [0.15, 0.2) is 0 Å². The first-order valence-corrected chi connectivity index (χ1v) is 6.31. The molecule has 3 aliphatic heterocycles. The Bertz CT molecular complexity index is 682. The van der Waals surface area contributed by atoms with Gasteiger partial charge in [0.25, 0.3) is 11.6 Å². The van der Waals surface area contributed by atoms with Gasteiger partial charge in [-0.2, -0.15) is 0 Å². The van der Waals surface area contributed by atoms with E-state index >= 15 is 0 Å². The molecular formula is C14H12N2O4. The first-order valence-electron chi connectivity index (χ1n) is 6.31. The molecule has 0 aromatic heterocycles. The maximum atomic E-state index is 12.3. The number of carbonyl (C=O) groups is 2. The van der Waals surface area contributed by atoms with Crippen LogP contribution in [0.5, 0.6) is 0 Å². The number of aliphatic hydroxyl groups is 1. The molecule has 1 spiro atoms. The van der Waals surface area contributed by atoms with E-state index in [1.807, 2.05) is 0 Å². The van der Waals surface area contributed by atoms with Gasteiger partial charge < -0.3 is 9.84 Å². The first kappa shape index (κ1) is 11.5. The van der Waals surface area contributed by atoms with Gasteiger partial charge >= 0.3 is 6.03 Å². The second-order valence-electron chi connectivity index (χ2n) is 5.38. The number of nitrogens with zero attached hydrogens (tertiary/aromatic N) is 1. The summed E-state index contributed by atoms with van der Waals surface area (Å²) in [7, 11) is 0. The van der Waals surface area contributed by atoms with Gasteiger partial charge in [-0.25, -0.2) is 9.69 Å². The van der Waals surface area contributed by atoms with Gasteiger partial charge in [-0.05, 0) is 19.1 Å². The van der Waals surface area contributed by atoms with Crippen LogP contribution in [0.15, 0.2) is 36.6 Å². The van der Waals surface area contributed by atoms with E-state index in [9.17, 15) is 14.7 Å². The summed E-state index contributed by atoms with van der Waals surface area (Å²) in [5.74, 6) is -1.20. The molecule has 3 amide bonds. The Balaban J connectivity index is 2.07. The number of urea groups is 1. The zero-order valence-corrected chi connectivity index (χ0v) is 10.7. The fraction of sp³-hybridized carbons (Fsp3) is 0.286. The standard InChI is InChI=1S/C14H12N2O4/c1-13(19)8-4-2-3-5-9(8)16-12(18)15-11(17)14(16)10(13)6-7-20-14/h2-7,10,19H,1H3,(H,15,17,18)/t10-,13+,14+/m0/s1. The second kappa shape index (κ2) is 3.21. The molecule has 2 N–H and O–H groups in total. The van der Waals surface area contributed by atoms with Gasteiger partial charge in [0.1, 0.15) is 5.60 Å². The number of hydrogen-bond donors (Lipinski definition) is 2. The molecule has 0 saturated carbocycles. The van der Waals surface area contributed by atoms with Gasteiger partial charge in [-0.15, -0.1) is 0 Å². The number of fused-ring (bicyclic) bond motifs is 2. The SMILES string of the molecule is C[C@@]1(O)c2ccccc2N2C(=O)NC(=O)[C@@]23OC=C[C@@H]13. The van der Waals surface area contributed by atoms with Crippen LogP contribution in [0.1, 0.15) is 12.5 Å². The van der Waals surface area contributed by atoms with Crippen molar-refractivity contribution in [3.05, 3.63) is 42.2 Å². The number of para-hydroxylation sites is 1. The molecule has 20 heavy (non-hydrogen) atoms. The monoisotopic (exact) mass is 272 g/mol. The topological polar surface area (TPSA) is 78.9 Å². The van der Waals surface area contributed by atoms with E-state index in [1.54, 1.807) is 37.3 Å². The Kier molecular flexibility index (Phi) is 1.84. The van der Waals surface area contributed by atoms with E-state index in [-0.39, 0.29) is 0 Å². The van der Waals surface area contributed by atoms with Gasteiger partial charge in [0.05, 0.1) is 17.9 Å². The maximum Gasteiger partial charge on any atom is 0.332 e. The van der Waals surface area contributed by atoms with Crippen LogP contribution in [-0.4, -0.2) is 22.8 Å². The molecule has 0 unspecified atom stereocenters. The number of hydrogen-bond acceptors (Lipinski definition) is 4. The summed E-state index contributed by atoms with van der Waals surface area (Å²) in [6.07, 6.45) is 3.00. The summed E-state index contributed by atoms with van der Waals surface area (Å²) >= 11 is 0. The minimum absolute atomic E-state index is 0.487. The highest BCUT2D eigenvalue weighted by atomic mass is 16.5. The molecule has 0 aliphatic carbocycles. The van der Waals surface area contributed by atoms with Gasteiger partial charge in [-0.1, -0.05) is 18.2 Å². The summed E-state index contributed by atoms with van der Waals surface area (Å²) in [6, 6.07) is 6.45. The third-order valence-electron chi connectivity index (χ3n) is 4.32. The number of nitrogens with one attached hydrogen (secondary N) is 1. The number of anilines is 1.